The number of ether oxygens (including phenoxy) is 1. The molecule has 8 heteroatoms. The third kappa shape index (κ3) is 4.27. The third-order valence-corrected chi connectivity index (χ3v) is 3.76. The molecule has 0 radical (unpaired) electrons. The Morgan fingerprint density at radius 3 is 2.64 bits per heavy atom. The van der Waals surface area contributed by atoms with E-state index in [4.69, 9.17) is 4.74 Å². The zero-order valence-corrected chi connectivity index (χ0v) is 13.1. The molecular formula is C17H16F3N3O2. The number of aromatic nitrogens is 1. The first-order valence-electron chi connectivity index (χ1n) is 7.71. The molecule has 0 aliphatic carbocycles. The Balaban J connectivity index is 1.82. The van der Waals surface area contributed by atoms with Crippen LogP contribution >= 0.6 is 0 Å². The lowest BCUT2D eigenvalue weighted by atomic mass is 10.2. The Bertz CT molecular complexity index is 745. The van der Waals surface area contributed by atoms with Crippen LogP contribution in [-0.2, 0) is 10.9 Å². The summed E-state index contributed by atoms with van der Waals surface area (Å²) >= 11 is 0. The summed E-state index contributed by atoms with van der Waals surface area (Å²) in [7, 11) is 0. The zero-order valence-electron chi connectivity index (χ0n) is 13.1. The second kappa shape index (κ2) is 7.10. The van der Waals surface area contributed by atoms with Gasteiger partial charge in [-0.3, -0.25) is 4.79 Å². The average molecular weight is 351 g/mol. The van der Waals surface area contributed by atoms with Crippen molar-refractivity contribution in [3.63, 3.8) is 0 Å². The Labute approximate surface area is 142 Å². The maximum absolute atomic E-state index is 13.3. The van der Waals surface area contributed by atoms with E-state index in [-0.39, 0.29) is 17.5 Å². The van der Waals surface area contributed by atoms with Crippen molar-refractivity contribution >= 4 is 17.4 Å². The number of carbonyl (C=O) groups excluding carboxylic acids is 1. The van der Waals surface area contributed by atoms with E-state index in [1.807, 2.05) is 0 Å². The third-order valence-electron chi connectivity index (χ3n) is 3.76. The normalized spacial score (nSPS) is 17.3. The van der Waals surface area contributed by atoms with Crippen LogP contribution in [0.15, 0.2) is 42.6 Å². The van der Waals surface area contributed by atoms with Gasteiger partial charge in [-0.1, -0.05) is 18.2 Å². The van der Waals surface area contributed by atoms with Crippen LogP contribution in [0.2, 0.25) is 0 Å². The molecule has 2 heterocycles. The Morgan fingerprint density at radius 2 is 2.00 bits per heavy atom. The largest absolute Gasteiger partial charge is 0.420 e. The van der Waals surface area contributed by atoms with Crippen molar-refractivity contribution in [2.24, 2.45) is 0 Å². The first kappa shape index (κ1) is 17.2. The standard InChI is InChI=1S/C17H16F3N3O2/c18-17(19,20)14-8-13(23-16(24)11-4-2-1-3-5-11)9-21-15(14)22-12-6-7-25-10-12/h1-5,8-9,12H,6-7,10H2,(H,21,22)(H,23,24). The van der Waals surface area contributed by atoms with E-state index in [0.29, 0.717) is 25.2 Å². The molecule has 1 fully saturated rings. The highest BCUT2D eigenvalue weighted by atomic mass is 19.4. The van der Waals surface area contributed by atoms with Crippen molar-refractivity contribution in [1.29, 1.82) is 0 Å². The number of rotatable bonds is 4. The van der Waals surface area contributed by atoms with Gasteiger partial charge in [-0.05, 0) is 24.6 Å². The first-order chi connectivity index (χ1) is 11.9. The first-order valence-corrected chi connectivity index (χ1v) is 7.71. The SMILES string of the molecule is O=C(Nc1cnc(NC2CCOC2)c(C(F)(F)F)c1)c1ccccc1. The van der Waals surface area contributed by atoms with Gasteiger partial charge in [-0.15, -0.1) is 0 Å². The van der Waals surface area contributed by atoms with Gasteiger partial charge in [0.15, 0.2) is 0 Å². The lowest BCUT2D eigenvalue weighted by Gasteiger charge is -2.18. The van der Waals surface area contributed by atoms with E-state index in [2.05, 4.69) is 15.6 Å². The summed E-state index contributed by atoms with van der Waals surface area (Å²) < 4.78 is 45.2. The van der Waals surface area contributed by atoms with Gasteiger partial charge in [-0.25, -0.2) is 4.98 Å². The number of halogens is 3. The Kier molecular flexibility index (Phi) is 4.89. The summed E-state index contributed by atoms with van der Waals surface area (Å²) in [5.74, 6) is -0.763. The maximum atomic E-state index is 13.3. The van der Waals surface area contributed by atoms with Crippen molar-refractivity contribution in [2.45, 2.75) is 18.6 Å². The molecular weight excluding hydrogens is 335 g/mol. The molecule has 0 saturated carbocycles. The van der Waals surface area contributed by atoms with Crippen LogP contribution in [0, 0.1) is 0 Å². The second-order valence-corrected chi connectivity index (χ2v) is 5.64. The van der Waals surface area contributed by atoms with E-state index in [9.17, 15) is 18.0 Å². The number of anilines is 2. The van der Waals surface area contributed by atoms with Crippen molar-refractivity contribution in [3.05, 3.63) is 53.7 Å². The minimum atomic E-state index is -4.59. The smallest absolute Gasteiger partial charge is 0.379 e. The summed E-state index contributed by atoms with van der Waals surface area (Å²) in [5.41, 5.74) is -0.596. The van der Waals surface area contributed by atoms with Gasteiger partial charge in [0.25, 0.3) is 5.91 Å². The van der Waals surface area contributed by atoms with Gasteiger partial charge in [0, 0.05) is 12.2 Å². The van der Waals surface area contributed by atoms with Crippen molar-refractivity contribution in [2.75, 3.05) is 23.8 Å². The predicted octanol–water partition coefficient (Wildman–Crippen LogP) is 3.55. The van der Waals surface area contributed by atoms with Crippen LogP contribution in [0.1, 0.15) is 22.3 Å². The van der Waals surface area contributed by atoms with Crippen molar-refractivity contribution < 1.29 is 22.7 Å². The van der Waals surface area contributed by atoms with Crippen LogP contribution in [-0.4, -0.2) is 30.1 Å². The van der Waals surface area contributed by atoms with E-state index in [1.54, 1.807) is 30.3 Å². The molecule has 3 rings (SSSR count). The molecule has 132 valence electrons. The van der Waals surface area contributed by atoms with E-state index in [1.165, 1.54) is 6.20 Å². The van der Waals surface area contributed by atoms with Crippen LogP contribution in [0.4, 0.5) is 24.7 Å². The molecule has 0 bridgehead atoms. The van der Waals surface area contributed by atoms with Gasteiger partial charge in [0.2, 0.25) is 0 Å². The molecule has 1 atom stereocenters. The van der Waals surface area contributed by atoms with Crippen LogP contribution in [0.25, 0.3) is 0 Å². The highest BCUT2D eigenvalue weighted by Gasteiger charge is 2.35. The lowest BCUT2D eigenvalue weighted by Crippen LogP contribution is -2.23. The highest BCUT2D eigenvalue weighted by molar-refractivity contribution is 6.04. The molecule has 1 amide bonds. The van der Waals surface area contributed by atoms with Gasteiger partial charge >= 0.3 is 6.18 Å². The number of benzene rings is 1. The van der Waals surface area contributed by atoms with Crippen LogP contribution in [0.3, 0.4) is 0 Å². The fourth-order valence-corrected chi connectivity index (χ4v) is 2.50. The minimum absolute atomic E-state index is 0.0191. The fraction of sp³-hybridized carbons (Fsp3) is 0.294. The van der Waals surface area contributed by atoms with Crippen LogP contribution < -0.4 is 10.6 Å². The number of hydrogen-bond donors (Lipinski definition) is 2. The van der Waals surface area contributed by atoms with Crippen molar-refractivity contribution in [3.8, 4) is 0 Å². The monoisotopic (exact) mass is 351 g/mol. The summed E-state index contributed by atoms with van der Waals surface area (Å²) in [6, 6.07) is 8.90. The summed E-state index contributed by atoms with van der Waals surface area (Å²) in [5, 5.41) is 5.20. The van der Waals surface area contributed by atoms with Crippen molar-refractivity contribution in [1.82, 2.24) is 4.98 Å². The molecule has 1 aromatic carbocycles. The number of nitrogens with zero attached hydrogens (tertiary/aromatic N) is 1. The van der Waals surface area contributed by atoms with Gasteiger partial charge in [0.1, 0.15) is 5.82 Å². The highest BCUT2D eigenvalue weighted by Crippen LogP contribution is 2.36. The number of amides is 1. The summed E-state index contributed by atoms with van der Waals surface area (Å²) in [6.07, 6.45) is -2.78. The molecule has 2 N–H and O–H groups in total. The molecule has 1 aliphatic rings. The number of nitrogens with one attached hydrogen (secondary N) is 2. The molecule has 5 nitrogen and oxygen atoms in total. The number of carbonyl (C=O) groups is 1. The molecule has 0 spiro atoms. The second-order valence-electron chi connectivity index (χ2n) is 5.64. The molecule has 1 aliphatic heterocycles. The Morgan fingerprint density at radius 1 is 1.24 bits per heavy atom. The number of alkyl halides is 3. The Hall–Kier alpha value is -2.61. The minimum Gasteiger partial charge on any atom is -0.379 e. The van der Waals surface area contributed by atoms with Gasteiger partial charge in [0.05, 0.1) is 30.1 Å². The molecule has 1 aromatic heterocycles. The number of hydrogen-bond acceptors (Lipinski definition) is 4. The maximum Gasteiger partial charge on any atom is 0.420 e. The summed E-state index contributed by atoms with van der Waals surface area (Å²) in [6.45, 7) is 0.843. The predicted molar refractivity (Wildman–Crippen MR) is 86.5 cm³/mol. The quantitative estimate of drug-likeness (QED) is 0.884. The number of pyridine rings is 1. The molecule has 2 aromatic rings. The molecule has 1 unspecified atom stereocenters. The zero-order chi connectivity index (χ0) is 17.9. The molecule has 1 saturated heterocycles. The lowest BCUT2D eigenvalue weighted by molar-refractivity contribution is -0.137. The van der Waals surface area contributed by atoms with Gasteiger partial charge in [-0.2, -0.15) is 13.2 Å². The van der Waals surface area contributed by atoms with Crippen LogP contribution in [0.5, 0.6) is 0 Å². The summed E-state index contributed by atoms with van der Waals surface area (Å²) in [4.78, 5) is 15.9. The van der Waals surface area contributed by atoms with E-state index in [0.717, 1.165) is 6.07 Å². The average Bonchev–Trinajstić information content (AvgIpc) is 3.09. The fourth-order valence-electron chi connectivity index (χ4n) is 2.50. The van der Waals surface area contributed by atoms with E-state index < -0.39 is 17.6 Å². The van der Waals surface area contributed by atoms with E-state index >= 15 is 0 Å². The van der Waals surface area contributed by atoms with Gasteiger partial charge < -0.3 is 15.4 Å². The topological polar surface area (TPSA) is 63.2 Å². The molecule has 25 heavy (non-hydrogen) atoms.